The third kappa shape index (κ3) is 3.62. The second kappa shape index (κ2) is 6.06. The summed E-state index contributed by atoms with van der Waals surface area (Å²) in [7, 11) is 0. The van der Waals surface area contributed by atoms with Crippen molar-refractivity contribution in [3.8, 4) is 5.75 Å². The van der Waals surface area contributed by atoms with Gasteiger partial charge in [0.2, 0.25) is 3.67 Å². The van der Waals surface area contributed by atoms with Crippen molar-refractivity contribution in [2.45, 2.75) is 28.1 Å². The standard InChI is InChI=1S/C12H10Cl5NO2S/c1-11(2)18(21-12(16,17)10(14)15)9(19)7-4-3-6(13)5-8(7)20-11/h3-5,10H,1-2H3. The van der Waals surface area contributed by atoms with Crippen molar-refractivity contribution >= 4 is 75.9 Å². The van der Waals surface area contributed by atoms with Crippen LogP contribution in [0.15, 0.2) is 18.2 Å². The molecule has 2 rings (SSSR count). The van der Waals surface area contributed by atoms with Crippen LogP contribution in [0.5, 0.6) is 5.75 Å². The summed E-state index contributed by atoms with van der Waals surface area (Å²) in [6, 6.07) is 4.76. The van der Waals surface area contributed by atoms with Crippen LogP contribution < -0.4 is 4.74 Å². The predicted molar refractivity (Wildman–Crippen MR) is 89.9 cm³/mol. The quantitative estimate of drug-likeness (QED) is 0.488. The van der Waals surface area contributed by atoms with Gasteiger partial charge in [0, 0.05) is 5.02 Å². The molecule has 0 aromatic heterocycles. The first-order chi connectivity index (χ1) is 9.54. The molecule has 1 aromatic carbocycles. The Bertz CT molecular complexity index is 579. The van der Waals surface area contributed by atoms with Crippen LogP contribution in [0.1, 0.15) is 24.2 Å². The highest BCUT2D eigenvalue weighted by Crippen LogP contribution is 2.49. The monoisotopic (exact) mass is 407 g/mol. The fourth-order valence-electron chi connectivity index (χ4n) is 1.73. The molecule has 0 bridgehead atoms. The Morgan fingerprint density at radius 1 is 1.33 bits per heavy atom. The first kappa shape index (κ1) is 17.6. The molecule has 3 nitrogen and oxygen atoms in total. The molecule has 1 aliphatic rings. The second-order valence-electron chi connectivity index (χ2n) is 4.74. The lowest BCUT2D eigenvalue weighted by Crippen LogP contribution is -2.52. The highest BCUT2D eigenvalue weighted by molar-refractivity contribution is 8.01. The molecule has 0 spiro atoms. The molecule has 9 heteroatoms. The van der Waals surface area contributed by atoms with E-state index in [1.807, 2.05) is 0 Å². The van der Waals surface area contributed by atoms with Crippen molar-refractivity contribution in [3.05, 3.63) is 28.8 Å². The van der Waals surface area contributed by atoms with Gasteiger partial charge in [0.15, 0.2) is 10.6 Å². The number of hydrogen-bond donors (Lipinski definition) is 0. The van der Waals surface area contributed by atoms with Gasteiger partial charge < -0.3 is 4.74 Å². The fourth-order valence-corrected chi connectivity index (χ4v) is 3.31. The van der Waals surface area contributed by atoms with Gasteiger partial charge in [-0.2, -0.15) is 0 Å². The number of hydrogen-bond acceptors (Lipinski definition) is 3. The van der Waals surface area contributed by atoms with Crippen molar-refractivity contribution in [2.24, 2.45) is 0 Å². The second-order valence-corrected chi connectivity index (χ2v) is 9.30. The molecular weight excluding hydrogens is 399 g/mol. The Hall–Kier alpha value is 0.290. The van der Waals surface area contributed by atoms with Crippen LogP contribution in [0, 0.1) is 0 Å². The average molecular weight is 410 g/mol. The van der Waals surface area contributed by atoms with Crippen LogP contribution in [0.4, 0.5) is 0 Å². The van der Waals surface area contributed by atoms with Crippen molar-refractivity contribution in [3.63, 3.8) is 0 Å². The number of carbonyl (C=O) groups excluding carboxylic acids is 1. The van der Waals surface area contributed by atoms with Gasteiger partial charge in [-0.1, -0.05) is 34.8 Å². The SMILES string of the molecule is CC1(C)Oc2cc(Cl)ccc2C(=O)N1SC(Cl)(Cl)C(Cl)Cl. The molecule has 0 saturated heterocycles. The summed E-state index contributed by atoms with van der Waals surface area (Å²) in [6.07, 6.45) is 0. The van der Waals surface area contributed by atoms with E-state index in [2.05, 4.69) is 0 Å². The van der Waals surface area contributed by atoms with Gasteiger partial charge in [-0.25, -0.2) is 4.31 Å². The smallest absolute Gasteiger partial charge is 0.270 e. The van der Waals surface area contributed by atoms with E-state index in [1.54, 1.807) is 32.0 Å². The minimum absolute atomic E-state index is 0.317. The third-order valence-electron chi connectivity index (χ3n) is 2.67. The first-order valence-electron chi connectivity index (χ1n) is 5.73. The summed E-state index contributed by atoms with van der Waals surface area (Å²) in [5.74, 6) is 0.0833. The topological polar surface area (TPSA) is 29.5 Å². The van der Waals surface area contributed by atoms with Gasteiger partial charge >= 0.3 is 0 Å². The lowest BCUT2D eigenvalue weighted by Gasteiger charge is -2.43. The molecule has 21 heavy (non-hydrogen) atoms. The molecule has 1 heterocycles. The Kier molecular flexibility index (Phi) is 5.09. The number of rotatable bonds is 3. The van der Waals surface area contributed by atoms with Gasteiger partial charge in [-0.3, -0.25) is 4.79 Å². The molecule has 0 saturated carbocycles. The largest absolute Gasteiger partial charge is 0.467 e. The van der Waals surface area contributed by atoms with E-state index in [0.717, 1.165) is 11.9 Å². The van der Waals surface area contributed by atoms with Crippen LogP contribution in [0.3, 0.4) is 0 Å². The van der Waals surface area contributed by atoms with Crippen molar-refractivity contribution in [1.29, 1.82) is 0 Å². The molecule has 0 N–H and O–H groups in total. The predicted octanol–water partition coefficient (Wildman–Crippen LogP) is 5.49. The maximum Gasteiger partial charge on any atom is 0.270 e. The van der Waals surface area contributed by atoms with Crippen molar-refractivity contribution in [2.75, 3.05) is 0 Å². The zero-order chi connectivity index (χ0) is 16.0. The Balaban J connectivity index is 2.39. The summed E-state index contributed by atoms with van der Waals surface area (Å²) < 4.78 is 5.52. The Labute approximate surface area is 151 Å². The van der Waals surface area contributed by atoms with Crippen LogP contribution in [0.2, 0.25) is 5.02 Å². The van der Waals surface area contributed by atoms with E-state index in [9.17, 15) is 4.79 Å². The summed E-state index contributed by atoms with van der Waals surface area (Å²) in [5.41, 5.74) is -0.645. The minimum Gasteiger partial charge on any atom is -0.467 e. The van der Waals surface area contributed by atoms with E-state index in [-0.39, 0.29) is 5.91 Å². The summed E-state index contributed by atoms with van der Waals surface area (Å²) in [6.45, 7) is 3.39. The van der Waals surface area contributed by atoms with Gasteiger partial charge in [-0.15, -0.1) is 23.2 Å². The summed E-state index contributed by atoms with van der Waals surface area (Å²) in [4.78, 5) is 11.5. The van der Waals surface area contributed by atoms with Crippen molar-refractivity contribution < 1.29 is 9.53 Å². The lowest BCUT2D eigenvalue weighted by molar-refractivity contribution is -0.00319. The van der Waals surface area contributed by atoms with E-state index in [0.29, 0.717) is 16.3 Å². The first-order valence-corrected chi connectivity index (χ1v) is 8.51. The molecule has 1 aromatic rings. The van der Waals surface area contributed by atoms with Gasteiger partial charge in [0.05, 0.1) is 5.56 Å². The van der Waals surface area contributed by atoms with Gasteiger partial charge in [-0.05, 0) is 44.0 Å². The van der Waals surface area contributed by atoms with Crippen molar-refractivity contribution in [1.82, 2.24) is 4.31 Å². The van der Waals surface area contributed by atoms with E-state index < -0.39 is 14.2 Å². The van der Waals surface area contributed by atoms with Crippen LogP contribution in [-0.2, 0) is 0 Å². The molecule has 116 valence electrons. The zero-order valence-electron chi connectivity index (χ0n) is 10.9. The van der Waals surface area contributed by atoms with E-state index >= 15 is 0 Å². The van der Waals surface area contributed by atoms with Gasteiger partial charge in [0.25, 0.3) is 5.91 Å². The van der Waals surface area contributed by atoms with E-state index in [4.69, 9.17) is 62.7 Å². The number of benzene rings is 1. The zero-order valence-corrected chi connectivity index (χ0v) is 15.5. The Morgan fingerprint density at radius 2 is 1.95 bits per heavy atom. The number of fused-ring (bicyclic) bond motifs is 1. The highest BCUT2D eigenvalue weighted by atomic mass is 35.5. The molecule has 0 fully saturated rings. The molecule has 1 amide bonds. The summed E-state index contributed by atoms with van der Waals surface area (Å²) in [5, 5.41) is 0.476. The van der Waals surface area contributed by atoms with Crippen LogP contribution in [0.25, 0.3) is 0 Å². The number of halogens is 5. The minimum atomic E-state index is -1.59. The highest BCUT2D eigenvalue weighted by Gasteiger charge is 2.47. The molecule has 0 aliphatic carbocycles. The molecular formula is C12H10Cl5NO2S. The fraction of sp³-hybridized carbons (Fsp3) is 0.417. The number of nitrogens with zero attached hydrogens (tertiary/aromatic N) is 1. The number of alkyl halides is 4. The molecule has 0 atom stereocenters. The van der Waals surface area contributed by atoms with Crippen LogP contribution in [-0.4, -0.2) is 24.4 Å². The van der Waals surface area contributed by atoms with Crippen LogP contribution >= 0.6 is 70.0 Å². The maximum atomic E-state index is 12.6. The normalized spacial score (nSPS) is 17.7. The molecule has 0 unspecified atom stereocenters. The average Bonchev–Trinajstić information content (AvgIpc) is 2.33. The molecule has 0 radical (unpaired) electrons. The third-order valence-corrected chi connectivity index (χ3v) is 6.39. The number of carbonyl (C=O) groups is 1. The lowest BCUT2D eigenvalue weighted by atomic mass is 10.1. The summed E-state index contributed by atoms with van der Waals surface area (Å²) >= 11 is 30.3. The molecule has 1 aliphatic heterocycles. The maximum absolute atomic E-state index is 12.6. The number of amides is 1. The van der Waals surface area contributed by atoms with E-state index in [1.165, 1.54) is 4.31 Å². The van der Waals surface area contributed by atoms with Gasteiger partial charge in [0.1, 0.15) is 5.75 Å². The number of ether oxygens (including phenoxy) is 1. The Morgan fingerprint density at radius 3 is 2.52 bits per heavy atom.